The minimum absolute atomic E-state index is 0.00580. The Bertz CT molecular complexity index is 2120. The van der Waals surface area contributed by atoms with E-state index in [-0.39, 0.29) is 83.6 Å². The van der Waals surface area contributed by atoms with Crippen molar-refractivity contribution < 1.29 is 32.7 Å². The first-order valence-electron chi connectivity index (χ1n) is 16.0. The average molecular weight is 729 g/mol. The number of rotatable bonds is 8. The van der Waals surface area contributed by atoms with Crippen molar-refractivity contribution in [1.82, 2.24) is 38.9 Å². The average Bonchev–Trinajstić information content (AvgIpc) is 3.50. The maximum atomic E-state index is 14.1. The van der Waals surface area contributed by atoms with E-state index in [2.05, 4.69) is 25.4 Å². The van der Waals surface area contributed by atoms with Crippen LogP contribution in [0.5, 0.6) is 5.75 Å². The van der Waals surface area contributed by atoms with Crippen LogP contribution in [-0.4, -0.2) is 101 Å². The largest absolute Gasteiger partial charge is 0.504 e. The molecule has 2 aliphatic heterocycles. The first kappa shape index (κ1) is 35.3. The molecule has 3 aromatic heterocycles. The molecule has 51 heavy (non-hydrogen) atoms. The summed E-state index contributed by atoms with van der Waals surface area (Å²) in [6, 6.07) is 2.56. The summed E-state index contributed by atoms with van der Waals surface area (Å²) in [6.07, 6.45) is 0.382. The molecular formula is C32H32ClF3N10O5. The second kappa shape index (κ2) is 14.0. The highest BCUT2D eigenvalue weighted by Gasteiger charge is 2.32. The Hall–Kier alpha value is -5.52. The number of hydrogen-bond acceptors (Lipinski definition) is 10. The van der Waals surface area contributed by atoms with Gasteiger partial charge in [0, 0.05) is 45.3 Å². The zero-order valence-corrected chi connectivity index (χ0v) is 28.2. The fourth-order valence-corrected chi connectivity index (χ4v) is 6.06. The monoisotopic (exact) mass is 728 g/mol. The van der Waals surface area contributed by atoms with Gasteiger partial charge in [-0.05, 0) is 44.0 Å². The lowest BCUT2D eigenvalue weighted by Crippen LogP contribution is -2.51. The second-order valence-corrected chi connectivity index (χ2v) is 12.3. The molecule has 15 nitrogen and oxygen atoms in total. The number of anilines is 2. The van der Waals surface area contributed by atoms with Gasteiger partial charge in [-0.3, -0.25) is 19.2 Å². The molecule has 1 aromatic carbocycles. The number of alkyl halides is 3. The fourth-order valence-electron chi connectivity index (χ4n) is 5.84. The Morgan fingerprint density at radius 3 is 2.41 bits per heavy atom. The summed E-state index contributed by atoms with van der Waals surface area (Å²) in [6.45, 7) is 4.88. The van der Waals surface area contributed by atoms with Crippen molar-refractivity contribution in [1.29, 1.82) is 0 Å². The lowest BCUT2D eigenvalue weighted by atomic mass is 10.2. The number of aromatic nitrogens is 6. The lowest BCUT2D eigenvalue weighted by Gasteiger charge is -2.36. The Balaban J connectivity index is 1.33. The van der Waals surface area contributed by atoms with Gasteiger partial charge in [0.25, 0.3) is 11.5 Å². The van der Waals surface area contributed by atoms with Crippen LogP contribution in [0.1, 0.15) is 46.6 Å². The molecule has 0 atom stereocenters. The molecule has 6 rings (SSSR count). The van der Waals surface area contributed by atoms with E-state index >= 15 is 0 Å². The number of aromatic hydroxyl groups is 1. The maximum absolute atomic E-state index is 14.1. The molecule has 0 bridgehead atoms. The summed E-state index contributed by atoms with van der Waals surface area (Å²) in [4.78, 5) is 70.4. The quantitative estimate of drug-likeness (QED) is 0.257. The molecule has 2 fully saturated rings. The zero-order valence-electron chi connectivity index (χ0n) is 27.4. The number of nitrogens with zero attached hydrogens (tertiary/aromatic N) is 9. The molecule has 2 N–H and O–H groups in total. The van der Waals surface area contributed by atoms with Crippen molar-refractivity contribution in [2.24, 2.45) is 0 Å². The van der Waals surface area contributed by atoms with Crippen molar-refractivity contribution in [2.45, 2.75) is 39.4 Å². The SMILES string of the molecule is CCc1c(N2CCN(C(=O)c3ncnc(C)c3O)CC2)c(=O)n2nc(/C=C/C(=O)N3CCC3)nc2n1CC(=O)Nc1ccc(C(F)(F)F)cc1Cl. The number of amides is 3. The fraction of sp³-hybridized carbons (Fsp3) is 0.375. The molecule has 4 aromatic rings. The second-order valence-electron chi connectivity index (χ2n) is 11.9. The van der Waals surface area contributed by atoms with Crippen LogP contribution >= 0.6 is 11.6 Å². The van der Waals surface area contributed by atoms with E-state index in [1.807, 2.05) is 0 Å². The molecule has 0 radical (unpaired) electrons. The summed E-state index contributed by atoms with van der Waals surface area (Å²) >= 11 is 6.09. The Morgan fingerprint density at radius 1 is 1.06 bits per heavy atom. The molecule has 268 valence electrons. The van der Waals surface area contributed by atoms with Crippen LogP contribution in [0.3, 0.4) is 0 Å². The van der Waals surface area contributed by atoms with E-state index in [1.54, 1.807) is 23.6 Å². The number of likely N-dealkylation sites (tertiary alicyclic amines) is 1. The van der Waals surface area contributed by atoms with Crippen LogP contribution in [0, 0.1) is 6.92 Å². The standard InChI is InChI=1S/C32H32ClF3N10O5/c1-3-22-27(43-11-13-44(14-12-43)29(50)26-28(49)18(2)37-17-38-26)30(51)46-31(40-23(41-46)7-8-25(48)42-9-4-10-42)45(22)16-24(47)39-21-6-5-19(15-20(21)33)32(34,35)36/h5-8,15,17,49H,3-4,9-14,16H2,1-2H3,(H,39,47)/b8-7+. The van der Waals surface area contributed by atoms with Crippen LogP contribution in [0.15, 0.2) is 35.4 Å². The molecule has 0 saturated carbocycles. The molecular weight excluding hydrogens is 697 g/mol. The molecule has 3 amide bonds. The van der Waals surface area contributed by atoms with Crippen LogP contribution in [0.25, 0.3) is 11.9 Å². The Morgan fingerprint density at radius 2 is 1.78 bits per heavy atom. The lowest BCUT2D eigenvalue weighted by molar-refractivity contribution is -0.137. The summed E-state index contributed by atoms with van der Waals surface area (Å²) in [5, 5.41) is 16.9. The minimum Gasteiger partial charge on any atom is -0.504 e. The molecule has 19 heteroatoms. The van der Waals surface area contributed by atoms with Gasteiger partial charge >= 0.3 is 6.18 Å². The minimum atomic E-state index is -4.63. The van der Waals surface area contributed by atoms with Crippen LogP contribution in [-0.2, 0) is 28.7 Å². The first-order valence-corrected chi connectivity index (χ1v) is 16.4. The highest BCUT2D eigenvalue weighted by Crippen LogP contribution is 2.34. The normalized spacial score (nSPS) is 15.1. The molecule has 0 aliphatic carbocycles. The van der Waals surface area contributed by atoms with Gasteiger partial charge in [0.1, 0.15) is 18.6 Å². The van der Waals surface area contributed by atoms with Crippen LogP contribution in [0.2, 0.25) is 5.02 Å². The third-order valence-electron chi connectivity index (χ3n) is 8.68. The van der Waals surface area contributed by atoms with Crippen molar-refractivity contribution >= 4 is 52.6 Å². The van der Waals surface area contributed by atoms with Crippen molar-refractivity contribution in [3.8, 4) is 5.75 Å². The Labute approximate surface area is 293 Å². The van der Waals surface area contributed by atoms with Gasteiger partial charge in [-0.1, -0.05) is 18.5 Å². The number of carbonyl (C=O) groups excluding carboxylic acids is 3. The van der Waals surface area contributed by atoms with E-state index < -0.39 is 35.7 Å². The van der Waals surface area contributed by atoms with Crippen LogP contribution in [0.4, 0.5) is 24.5 Å². The topological polar surface area (TPSA) is 171 Å². The van der Waals surface area contributed by atoms with Crippen molar-refractivity contribution in [3.05, 3.63) is 74.4 Å². The number of halogens is 4. The van der Waals surface area contributed by atoms with E-state index in [1.165, 1.54) is 27.9 Å². The molecule has 5 heterocycles. The van der Waals surface area contributed by atoms with Gasteiger partial charge in [-0.25, -0.2) is 9.97 Å². The van der Waals surface area contributed by atoms with E-state index in [4.69, 9.17) is 11.6 Å². The van der Waals surface area contributed by atoms with Gasteiger partial charge < -0.3 is 29.7 Å². The summed E-state index contributed by atoms with van der Waals surface area (Å²) in [5.41, 5.74) is -0.846. The highest BCUT2D eigenvalue weighted by atomic mass is 35.5. The Kier molecular flexibility index (Phi) is 9.70. The molecule has 0 unspecified atom stereocenters. The first-order chi connectivity index (χ1) is 24.3. The number of aryl methyl sites for hydroxylation is 1. The number of benzene rings is 1. The summed E-state index contributed by atoms with van der Waals surface area (Å²) in [7, 11) is 0. The predicted molar refractivity (Wildman–Crippen MR) is 178 cm³/mol. The predicted octanol–water partition coefficient (Wildman–Crippen LogP) is 2.78. The number of nitrogens with one attached hydrogen (secondary N) is 1. The van der Waals surface area contributed by atoms with Gasteiger partial charge in [0.2, 0.25) is 17.6 Å². The van der Waals surface area contributed by atoms with Gasteiger partial charge in [-0.2, -0.15) is 22.7 Å². The zero-order chi connectivity index (χ0) is 36.6. The number of fused-ring (bicyclic) bond motifs is 1. The van der Waals surface area contributed by atoms with Gasteiger partial charge in [0.05, 0.1) is 27.7 Å². The molecule has 2 saturated heterocycles. The van der Waals surface area contributed by atoms with Gasteiger partial charge in [-0.15, -0.1) is 5.10 Å². The molecule has 2 aliphatic rings. The van der Waals surface area contributed by atoms with E-state index in [0.29, 0.717) is 24.8 Å². The van der Waals surface area contributed by atoms with Crippen molar-refractivity contribution in [2.75, 3.05) is 49.5 Å². The van der Waals surface area contributed by atoms with E-state index in [0.717, 1.165) is 23.1 Å². The number of carbonyl (C=O) groups is 3. The highest BCUT2D eigenvalue weighted by molar-refractivity contribution is 6.33. The maximum Gasteiger partial charge on any atom is 0.416 e. The third kappa shape index (κ3) is 7.08. The van der Waals surface area contributed by atoms with E-state index in [9.17, 15) is 37.5 Å². The smallest absolute Gasteiger partial charge is 0.416 e. The number of hydrogen-bond donors (Lipinski definition) is 2. The summed E-state index contributed by atoms with van der Waals surface area (Å²) in [5.74, 6) is -1.70. The van der Waals surface area contributed by atoms with Crippen molar-refractivity contribution in [3.63, 3.8) is 0 Å². The summed E-state index contributed by atoms with van der Waals surface area (Å²) < 4.78 is 42.0. The molecule has 0 spiro atoms. The third-order valence-corrected chi connectivity index (χ3v) is 9.00. The van der Waals surface area contributed by atoms with Gasteiger partial charge in [0.15, 0.2) is 17.3 Å². The number of piperazine rings is 1. The van der Waals surface area contributed by atoms with Crippen LogP contribution < -0.4 is 15.8 Å².